The van der Waals surface area contributed by atoms with Gasteiger partial charge in [-0.15, -0.1) is 0 Å². The van der Waals surface area contributed by atoms with Crippen LogP contribution in [0.2, 0.25) is 0 Å². The Balaban J connectivity index is 1.57. The van der Waals surface area contributed by atoms with E-state index < -0.39 is 6.04 Å². The van der Waals surface area contributed by atoms with Gasteiger partial charge in [0.1, 0.15) is 12.4 Å². The van der Waals surface area contributed by atoms with Gasteiger partial charge in [0.25, 0.3) is 5.91 Å². The fraction of sp³-hybridized carbons (Fsp3) is 0.450. The van der Waals surface area contributed by atoms with Crippen molar-refractivity contribution in [2.45, 2.75) is 25.3 Å². The number of halogens is 1. The maximum absolute atomic E-state index is 13.3. The highest BCUT2D eigenvalue weighted by Gasteiger charge is 2.43. The van der Waals surface area contributed by atoms with E-state index in [1.54, 1.807) is 24.1 Å². The van der Waals surface area contributed by atoms with Crippen molar-refractivity contribution in [2.24, 2.45) is 0 Å². The van der Waals surface area contributed by atoms with E-state index in [0.29, 0.717) is 16.8 Å². The first-order valence-corrected chi connectivity index (χ1v) is 9.55. The third kappa shape index (κ3) is 3.23. The Morgan fingerprint density at radius 3 is 2.50 bits per heavy atom. The maximum atomic E-state index is 13.3. The second-order valence-corrected chi connectivity index (χ2v) is 7.46. The van der Waals surface area contributed by atoms with Gasteiger partial charge in [0.2, 0.25) is 5.91 Å². The second kappa shape index (κ2) is 7.26. The van der Waals surface area contributed by atoms with Gasteiger partial charge in [0.05, 0.1) is 23.9 Å². The number of nitrogens with zero attached hydrogens (tertiary/aromatic N) is 3. The Morgan fingerprint density at radius 2 is 1.82 bits per heavy atom. The number of carbonyl (C=O) groups is 3. The zero-order valence-electron chi connectivity index (χ0n) is 15.8. The molecule has 0 unspecified atom stereocenters. The lowest BCUT2D eigenvalue weighted by atomic mass is 9.96. The van der Waals surface area contributed by atoms with Gasteiger partial charge in [-0.25, -0.2) is 9.18 Å². The van der Waals surface area contributed by atoms with E-state index in [9.17, 15) is 18.8 Å². The van der Waals surface area contributed by atoms with Crippen molar-refractivity contribution in [3.05, 3.63) is 46.9 Å². The SMILES string of the molecule is CN1C(=O)N[C@@H](c2ccc(F)cc2)C2=C1CN(CC(=O)N1CCCCC1)C2=O. The molecule has 1 atom stereocenters. The minimum Gasteiger partial charge on any atom is -0.341 e. The van der Waals surface area contributed by atoms with Crippen molar-refractivity contribution in [1.29, 1.82) is 0 Å². The first kappa shape index (κ1) is 18.5. The number of rotatable bonds is 3. The molecule has 0 aliphatic carbocycles. The highest BCUT2D eigenvalue weighted by Crippen LogP contribution is 2.35. The zero-order chi connectivity index (χ0) is 19.8. The standard InChI is InChI=1S/C20H23FN4O3/c1-23-15-11-25(12-16(26)24-9-3-2-4-10-24)19(27)17(15)18(22-20(23)28)13-5-7-14(21)8-6-13/h5-8,18H,2-4,9-12H2,1H3,(H,22,28)/t18-/m0/s1. The number of piperidine rings is 1. The Labute approximate surface area is 162 Å². The van der Waals surface area contributed by atoms with Gasteiger partial charge in [-0.05, 0) is 37.0 Å². The number of urea groups is 1. The zero-order valence-corrected chi connectivity index (χ0v) is 15.8. The molecule has 1 aromatic rings. The van der Waals surface area contributed by atoms with Crippen LogP contribution < -0.4 is 5.32 Å². The molecule has 0 spiro atoms. The summed E-state index contributed by atoms with van der Waals surface area (Å²) >= 11 is 0. The van der Waals surface area contributed by atoms with Crippen molar-refractivity contribution in [3.8, 4) is 0 Å². The molecule has 0 saturated carbocycles. The molecule has 7 nitrogen and oxygen atoms in total. The lowest BCUT2D eigenvalue weighted by Gasteiger charge is -2.31. The number of carbonyl (C=O) groups excluding carboxylic acids is 3. The van der Waals surface area contributed by atoms with Gasteiger partial charge in [0.15, 0.2) is 0 Å². The number of hydrogen-bond acceptors (Lipinski definition) is 3. The molecule has 0 bridgehead atoms. The van der Waals surface area contributed by atoms with Crippen LogP contribution in [0, 0.1) is 5.82 Å². The van der Waals surface area contributed by atoms with Gasteiger partial charge >= 0.3 is 6.03 Å². The number of nitrogens with one attached hydrogen (secondary N) is 1. The molecule has 3 heterocycles. The molecule has 1 N–H and O–H groups in total. The molecule has 0 aromatic heterocycles. The average Bonchev–Trinajstić information content (AvgIpc) is 3.03. The summed E-state index contributed by atoms with van der Waals surface area (Å²) in [5.74, 6) is -0.710. The summed E-state index contributed by atoms with van der Waals surface area (Å²) < 4.78 is 13.3. The van der Waals surface area contributed by atoms with E-state index in [2.05, 4.69) is 5.32 Å². The van der Waals surface area contributed by atoms with Crippen molar-refractivity contribution >= 4 is 17.8 Å². The van der Waals surface area contributed by atoms with E-state index in [0.717, 1.165) is 32.4 Å². The topological polar surface area (TPSA) is 73.0 Å². The lowest BCUT2D eigenvalue weighted by molar-refractivity contribution is -0.138. The molecular weight excluding hydrogens is 363 g/mol. The first-order valence-electron chi connectivity index (χ1n) is 9.55. The van der Waals surface area contributed by atoms with Crippen LogP contribution in [0.1, 0.15) is 30.9 Å². The molecule has 1 fully saturated rings. The highest BCUT2D eigenvalue weighted by atomic mass is 19.1. The van der Waals surface area contributed by atoms with Crippen LogP contribution in [0.4, 0.5) is 9.18 Å². The van der Waals surface area contributed by atoms with E-state index in [4.69, 9.17) is 0 Å². The quantitative estimate of drug-likeness (QED) is 0.858. The lowest BCUT2D eigenvalue weighted by Crippen LogP contribution is -2.45. The molecule has 1 saturated heterocycles. The van der Waals surface area contributed by atoms with E-state index in [-0.39, 0.29) is 36.8 Å². The predicted molar refractivity (Wildman–Crippen MR) is 99.5 cm³/mol. The molecule has 0 radical (unpaired) electrons. The third-order valence-corrected chi connectivity index (χ3v) is 5.67. The molecule has 1 aromatic carbocycles. The molecular formula is C20H23FN4O3. The fourth-order valence-electron chi connectivity index (χ4n) is 4.06. The summed E-state index contributed by atoms with van der Waals surface area (Å²) in [5, 5.41) is 2.80. The summed E-state index contributed by atoms with van der Waals surface area (Å²) in [6, 6.07) is 4.75. The summed E-state index contributed by atoms with van der Waals surface area (Å²) in [7, 11) is 1.61. The van der Waals surface area contributed by atoms with E-state index in [1.807, 2.05) is 0 Å². The van der Waals surface area contributed by atoms with Crippen molar-refractivity contribution in [1.82, 2.24) is 20.0 Å². The highest BCUT2D eigenvalue weighted by molar-refractivity contribution is 6.02. The van der Waals surface area contributed by atoms with Crippen LogP contribution in [-0.4, -0.2) is 65.8 Å². The van der Waals surface area contributed by atoms with Crippen LogP contribution in [0.25, 0.3) is 0 Å². The normalized spacial score (nSPS) is 22.5. The Morgan fingerprint density at radius 1 is 1.14 bits per heavy atom. The maximum Gasteiger partial charge on any atom is 0.322 e. The van der Waals surface area contributed by atoms with E-state index in [1.165, 1.54) is 21.9 Å². The molecule has 148 valence electrons. The number of benzene rings is 1. The van der Waals surface area contributed by atoms with Gasteiger partial charge in [-0.1, -0.05) is 12.1 Å². The monoisotopic (exact) mass is 386 g/mol. The average molecular weight is 386 g/mol. The van der Waals surface area contributed by atoms with Gasteiger partial charge in [-0.2, -0.15) is 0 Å². The minimum absolute atomic E-state index is 0.00397. The largest absolute Gasteiger partial charge is 0.341 e. The molecule has 3 aliphatic rings. The number of likely N-dealkylation sites (tertiary alicyclic amines) is 1. The van der Waals surface area contributed by atoms with Gasteiger partial charge < -0.3 is 15.1 Å². The van der Waals surface area contributed by atoms with Crippen LogP contribution >= 0.6 is 0 Å². The summed E-state index contributed by atoms with van der Waals surface area (Å²) in [5.41, 5.74) is 1.67. The molecule has 28 heavy (non-hydrogen) atoms. The first-order chi connectivity index (χ1) is 13.5. The number of likely N-dealkylation sites (N-methyl/N-ethyl adjacent to an activating group) is 1. The molecule has 4 amide bonds. The summed E-state index contributed by atoms with van der Waals surface area (Å²) in [4.78, 5) is 42.8. The third-order valence-electron chi connectivity index (χ3n) is 5.67. The minimum atomic E-state index is -0.651. The van der Waals surface area contributed by atoms with E-state index >= 15 is 0 Å². The summed E-state index contributed by atoms with van der Waals surface area (Å²) in [6.45, 7) is 1.68. The Bertz CT molecular complexity index is 846. The van der Waals surface area contributed by atoms with Crippen molar-refractivity contribution < 1.29 is 18.8 Å². The molecule has 4 rings (SSSR count). The van der Waals surface area contributed by atoms with Crippen molar-refractivity contribution in [3.63, 3.8) is 0 Å². The predicted octanol–water partition coefficient (Wildman–Crippen LogP) is 1.63. The van der Waals surface area contributed by atoms with Crippen LogP contribution in [0.3, 0.4) is 0 Å². The smallest absolute Gasteiger partial charge is 0.322 e. The van der Waals surface area contributed by atoms with Gasteiger partial charge in [-0.3, -0.25) is 14.5 Å². The van der Waals surface area contributed by atoms with Crippen LogP contribution in [0.5, 0.6) is 0 Å². The molecule has 3 aliphatic heterocycles. The number of amides is 4. The van der Waals surface area contributed by atoms with Crippen LogP contribution in [-0.2, 0) is 9.59 Å². The molecule has 8 heteroatoms. The fourth-order valence-corrected chi connectivity index (χ4v) is 4.06. The van der Waals surface area contributed by atoms with Crippen molar-refractivity contribution in [2.75, 3.05) is 33.2 Å². The second-order valence-electron chi connectivity index (χ2n) is 7.46. The Kier molecular flexibility index (Phi) is 4.78. The van der Waals surface area contributed by atoms with Crippen LogP contribution in [0.15, 0.2) is 35.5 Å². The summed E-state index contributed by atoms with van der Waals surface area (Å²) in [6.07, 6.45) is 3.10. The number of hydrogen-bond donors (Lipinski definition) is 1. The Hall–Kier alpha value is -2.90. The van der Waals surface area contributed by atoms with Gasteiger partial charge in [0, 0.05) is 20.1 Å².